The third-order valence-corrected chi connectivity index (χ3v) is 2.69. The van der Waals surface area contributed by atoms with Crippen molar-refractivity contribution in [2.75, 3.05) is 0 Å². The van der Waals surface area contributed by atoms with E-state index in [2.05, 4.69) is 0 Å². The van der Waals surface area contributed by atoms with Gasteiger partial charge < -0.3 is 0 Å². The highest BCUT2D eigenvalue weighted by Gasteiger charge is 2.12. The molecule has 14 heavy (non-hydrogen) atoms. The van der Waals surface area contributed by atoms with Crippen LogP contribution in [0.25, 0.3) is 0 Å². The summed E-state index contributed by atoms with van der Waals surface area (Å²) in [5.41, 5.74) is 1.55. The van der Waals surface area contributed by atoms with Gasteiger partial charge in [0, 0.05) is 22.0 Å². The van der Waals surface area contributed by atoms with E-state index >= 15 is 0 Å². The van der Waals surface area contributed by atoms with Crippen molar-refractivity contribution in [1.29, 1.82) is 0 Å². The third-order valence-electron chi connectivity index (χ3n) is 2.14. The molecule has 0 saturated carbocycles. The maximum Gasteiger partial charge on any atom is 0.162 e. The smallest absolute Gasteiger partial charge is 0.162 e. The molecule has 0 unspecified atom stereocenters. The Kier molecular flexibility index (Phi) is 3.97. The van der Waals surface area contributed by atoms with Gasteiger partial charge in [0.25, 0.3) is 0 Å². The molecule has 0 saturated heterocycles. The number of hydrogen-bond acceptors (Lipinski definition) is 1. The van der Waals surface area contributed by atoms with Crippen LogP contribution in [0.4, 0.5) is 0 Å². The number of benzene rings is 1. The molecule has 0 spiro atoms. The normalized spacial score (nSPS) is 10.3. The van der Waals surface area contributed by atoms with Crippen LogP contribution in [0.5, 0.6) is 0 Å². The molecule has 0 amide bonds. The van der Waals surface area contributed by atoms with Crippen molar-refractivity contribution in [1.82, 2.24) is 0 Å². The number of rotatable bonds is 3. The molecule has 1 aromatic rings. The molecule has 0 radical (unpaired) electrons. The van der Waals surface area contributed by atoms with Gasteiger partial charge >= 0.3 is 0 Å². The maximum atomic E-state index is 11.6. The summed E-state index contributed by atoms with van der Waals surface area (Å²) in [5.74, 6) is 0.0891. The van der Waals surface area contributed by atoms with Gasteiger partial charge in [-0.05, 0) is 24.1 Å². The average molecular weight is 231 g/mol. The Hall–Kier alpha value is -0.530. The molecule has 0 N–H and O–H groups in total. The first-order chi connectivity index (χ1) is 6.60. The van der Waals surface area contributed by atoms with Crippen molar-refractivity contribution in [2.24, 2.45) is 0 Å². The first-order valence-electron chi connectivity index (χ1n) is 4.61. The van der Waals surface area contributed by atoms with Crippen LogP contribution in [0.1, 0.15) is 36.2 Å². The molecule has 0 atom stereocenters. The lowest BCUT2D eigenvalue weighted by Crippen LogP contribution is -2.02. The van der Waals surface area contributed by atoms with E-state index in [1.165, 1.54) is 0 Å². The number of carbonyl (C=O) groups is 1. The molecule has 1 nitrogen and oxygen atoms in total. The molecule has 3 heteroatoms. The van der Waals surface area contributed by atoms with Crippen molar-refractivity contribution >= 4 is 29.0 Å². The lowest BCUT2D eigenvalue weighted by atomic mass is 10.0. The molecule has 1 rings (SSSR count). The number of ketones is 1. The zero-order chi connectivity index (χ0) is 10.7. The zero-order valence-corrected chi connectivity index (χ0v) is 9.74. The van der Waals surface area contributed by atoms with Gasteiger partial charge in [0.2, 0.25) is 0 Å². The molecule has 0 aliphatic heterocycles. The molecule has 0 heterocycles. The Morgan fingerprint density at radius 3 is 2.43 bits per heavy atom. The molecule has 0 fully saturated rings. The van der Waals surface area contributed by atoms with Crippen LogP contribution in [-0.4, -0.2) is 5.78 Å². The second-order valence-corrected chi connectivity index (χ2v) is 3.89. The van der Waals surface area contributed by atoms with E-state index in [0.717, 1.165) is 12.0 Å². The first kappa shape index (κ1) is 11.5. The molecule has 76 valence electrons. The van der Waals surface area contributed by atoms with E-state index in [-0.39, 0.29) is 5.78 Å². The van der Waals surface area contributed by atoms with Crippen LogP contribution in [0.15, 0.2) is 12.1 Å². The van der Waals surface area contributed by atoms with Crippen LogP contribution in [0.3, 0.4) is 0 Å². The predicted octanol–water partition coefficient (Wildman–Crippen LogP) is 4.15. The minimum atomic E-state index is 0.0891. The predicted molar refractivity (Wildman–Crippen MR) is 60.5 cm³/mol. The molecular formula is C11H12Cl2O. The largest absolute Gasteiger partial charge is 0.294 e. The van der Waals surface area contributed by atoms with Gasteiger partial charge in [-0.25, -0.2) is 0 Å². The van der Waals surface area contributed by atoms with E-state index in [0.29, 0.717) is 22.0 Å². The standard InChI is InChI=1S/C11H12Cl2O/c1-3-8-9(11(14)4-2)5-7(12)6-10(8)13/h5-6H,3-4H2,1-2H3. The molecule has 0 aliphatic rings. The fourth-order valence-electron chi connectivity index (χ4n) is 1.40. The van der Waals surface area contributed by atoms with Gasteiger partial charge in [-0.2, -0.15) is 0 Å². The Bertz CT molecular complexity index is 359. The van der Waals surface area contributed by atoms with E-state index < -0.39 is 0 Å². The summed E-state index contributed by atoms with van der Waals surface area (Å²) in [6.45, 7) is 3.80. The Balaban J connectivity index is 3.32. The van der Waals surface area contributed by atoms with E-state index in [9.17, 15) is 4.79 Å². The van der Waals surface area contributed by atoms with Gasteiger partial charge in [-0.15, -0.1) is 0 Å². The fourth-order valence-corrected chi connectivity index (χ4v) is 2.03. The summed E-state index contributed by atoms with van der Waals surface area (Å²) in [4.78, 5) is 11.6. The molecule has 1 aromatic carbocycles. The first-order valence-corrected chi connectivity index (χ1v) is 5.36. The van der Waals surface area contributed by atoms with Crippen molar-refractivity contribution < 1.29 is 4.79 Å². The van der Waals surface area contributed by atoms with Gasteiger partial charge in [-0.3, -0.25) is 4.79 Å². The summed E-state index contributed by atoms with van der Waals surface area (Å²) in [6.07, 6.45) is 1.22. The van der Waals surface area contributed by atoms with Crippen molar-refractivity contribution in [3.63, 3.8) is 0 Å². The van der Waals surface area contributed by atoms with E-state index in [4.69, 9.17) is 23.2 Å². The van der Waals surface area contributed by atoms with Crippen molar-refractivity contribution in [3.05, 3.63) is 33.3 Å². The van der Waals surface area contributed by atoms with Crippen LogP contribution in [0, 0.1) is 0 Å². The second kappa shape index (κ2) is 4.81. The number of carbonyl (C=O) groups excluding carboxylic acids is 1. The Labute approximate surface area is 94.0 Å². The Morgan fingerprint density at radius 1 is 1.29 bits per heavy atom. The zero-order valence-electron chi connectivity index (χ0n) is 8.23. The summed E-state index contributed by atoms with van der Waals surface area (Å²) >= 11 is 11.8. The van der Waals surface area contributed by atoms with Crippen LogP contribution in [-0.2, 0) is 6.42 Å². The summed E-state index contributed by atoms with van der Waals surface area (Å²) in [5, 5.41) is 1.10. The second-order valence-electron chi connectivity index (χ2n) is 3.04. The fraction of sp³-hybridized carbons (Fsp3) is 0.364. The van der Waals surface area contributed by atoms with Crippen LogP contribution < -0.4 is 0 Å². The molecule has 0 aromatic heterocycles. The maximum absolute atomic E-state index is 11.6. The highest BCUT2D eigenvalue weighted by atomic mass is 35.5. The minimum Gasteiger partial charge on any atom is -0.294 e. The van der Waals surface area contributed by atoms with Gasteiger partial charge in [0.05, 0.1) is 0 Å². The van der Waals surface area contributed by atoms with E-state index in [1.807, 2.05) is 13.8 Å². The lowest BCUT2D eigenvalue weighted by Gasteiger charge is -2.08. The molecular weight excluding hydrogens is 219 g/mol. The summed E-state index contributed by atoms with van der Waals surface area (Å²) in [7, 11) is 0. The quantitative estimate of drug-likeness (QED) is 0.714. The highest BCUT2D eigenvalue weighted by Crippen LogP contribution is 2.26. The monoisotopic (exact) mass is 230 g/mol. The third kappa shape index (κ3) is 2.28. The van der Waals surface area contributed by atoms with Gasteiger partial charge in [0.1, 0.15) is 0 Å². The summed E-state index contributed by atoms with van der Waals surface area (Å²) in [6, 6.07) is 3.37. The van der Waals surface area contributed by atoms with Gasteiger partial charge in [0.15, 0.2) is 5.78 Å². The minimum absolute atomic E-state index is 0.0891. The number of hydrogen-bond donors (Lipinski definition) is 0. The highest BCUT2D eigenvalue weighted by molar-refractivity contribution is 6.35. The van der Waals surface area contributed by atoms with Crippen molar-refractivity contribution in [2.45, 2.75) is 26.7 Å². The van der Waals surface area contributed by atoms with E-state index in [1.54, 1.807) is 12.1 Å². The number of halogens is 2. The number of Topliss-reactive ketones (excluding diaryl/α,β-unsaturated/α-hetero) is 1. The summed E-state index contributed by atoms with van der Waals surface area (Å²) < 4.78 is 0. The van der Waals surface area contributed by atoms with Crippen LogP contribution in [0.2, 0.25) is 10.0 Å². The molecule has 0 bridgehead atoms. The van der Waals surface area contributed by atoms with Gasteiger partial charge in [-0.1, -0.05) is 37.0 Å². The van der Waals surface area contributed by atoms with Crippen LogP contribution >= 0.6 is 23.2 Å². The topological polar surface area (TPSA) is 17.1 Å². The molecule has 0 aliphatic carbocycles. The SMILES string of the molecule is CCC(=O)c1cc(Cl)cc(Cl)c1CC. The lowest BCUT2D eigenvalue weighted by molar-refractivity contribution is 0.0987. The van der Waals surface area contributed by atoms with Crippen molar-refractivity contribution in [3.8, 4) is 0 Å². The average Bonchev–Trinajstić information content (AvgIpc) is 2.15. The Morgan fingerprint density at radius 2 is 1.93 bits per heavy atom.